The Labute approximate surface area is 151 Å². The number of aryl methyl sites for hydroxylation is 2. The number of fused-ring (bicyclic) bond motifs is 1. The second-order valence-corrected chi connectivity index (χ2v) is 7.65. The van der Waals surface area contributed by atoms with E-state index in [-0.39, 0.29) is 23.9 Å². The Morgan fingerprint density at radius 1 is 1.08 bits per heavy atom. The van der Waals surface area contributed by atoms with Crippen LogP contribution in [0.5, 0.6) is 0 Å². The van der Waals surface area contributed by atoms with Gasteiger partial charge >= 0.3 is 0 Å². The number of aromatic nitrogens is 2. The smallest absolute Gasteiger partial charge is 0.251 e. The van der Waals surface area contributed by atoms with Gasteiger partial charge in [0.2, 0.25) is 10.0 Å². The van der Waals surface area contributed by atoms with E-state index in [9.17, 15) is 13.2 Å². The van der Waals surface area contributed by atoms with Crippen LogP contribution in [-0.2, 0) is 10.0 Å². The molecule has 26 heavy (non-hydrogen) atoms. The molecule has 0 saturated carbocycles. The van der Waals surface area contributed by atoms with Crippen molar-refractivity contribution in [3.8, 4) is 0 Å². The molecule has 3 aromatic rings. The van der Waals surface area contributed by atoms with E-state index >= 15 is 0 Å². The predicted octanol–water partition coefficient (Wildman–Crippen LogP) is 1.89. The number of nitrogens with zero attached hydrogens (tertiary/aromatic N) is 1. The molecule has 0 fully saturated rings. The molecule has 1 aromatic heterocycles. The van der Waals surface area contributed by atoms with Crippen molar-refractivity contribution in [1.82, 2.24) is 20.2 Å². The highest BCUT2D eigenvalue weighted by molar-refractivity contribution is 7.89. The second-order valence-electron chi connectivity index (χ2n) is 5.94. The van der Waals surface area contributed by atoms with Crippen LogP contribution >= 0.6 is 0 Å². The van der Waals surface area contributed by atoms with Crippen LogP contribution in [0.15, 0.2) is 47.4 Å². The summed E-state index contributed by atoms with van der Waals surface area (Å²) in [5.74, 6) is -0.239. The SMILES string of the molecule is Cc1n[nH]c(C)c1S(=O)(=O)NCCNC(=O)c1cccc2ccccc12. The Hall–Kier alpha value is -2.71. The highest BCUT2D eigenvalue weighted by Gasteiger charge is 2.21. The van der Waals surface area contributed by atoms with Gasteiger partial charge in [0.05, 0.1) is 11.4 Å². The Kier molecular flexibility index (Phi) is 5.06. The van der Waals surface area contributed by atoms with Gasteiger partial charge in [0.1, 0.15) is 4.90 Å². The molecule has 0 atom stereocenters. The molecule has 136 valence electrons. The number of benzene rings is 2. The van der Waals surface area contributed by atoms with Crippen molar-refractivity contribution in [2.75, 3.05) is 13.1 Å². The van der Waals surface area contributed by atoms with Gasteiger partial charge in [-0.25, -0.2) is 13.1 Å². The second kappa shape index (κ2) is 7.27. The van der Waals surface area contributed by atoms with Crippen LogP contribution in [0.25, 0.3) is 10.8 Å². The standard InChI is InChI=1S/C18H20N4O3S/c1-12-17(13(2)22-21-12)26(24,25)20-11-10-19-18(23)16-9-5-7-14-6-3-4-8-15(14)16/h3-9,20H,10-11H2,1-2H3,(H,19,23)(H,21,22). The van der Waals surface area contributed by atoms with Gasteiger partial charge in [-0.15, -0.1) is 0 Å². The number of carbonyl (C=O) groups excluding carboxylic acids is 1. The van der Waals surface area contributed by atoms with Crippen LogP contribution in [0.1, 0.15) is 21.7 Å². The molecule has 0 aliphatic heterocycles. The third-order valence-corrected chi connectivity index (χ3v) is 5.79. The van der Waals surface area contributed by atoms with E-state index in [1.54, 1.807) is 19.9 Å². The van der Waals surface area contributed by atoms with Gasteiger partial charge < -0.3 is 5.32 Å². The molecule has 1 amide bonds. The summed E-state index contributed by atoms with van der Waals surface area (Å²) >= 11 is 0. The molecule has 1 heterocycles. The van der Waals surface area contributed by atoms with Crippen LogP contribution in [0.4, 0.5) is 0 Å². The molecular formula is C18H20N4O3S. The number of sulfonamides is 1. The third-order valence-electron chi connectivity index (χ3n) is 4.07. The molecular weight excluding hydrogens is 352 g/mol. The Morgan fingerprint density at radius 2 is 1.81 bits per heavy atom. The minimum Gasteiger partial charge on any atom is -0.351 e. The average Bonchev–Trinajstić information content (AvgIpc) is 2.97. The highest BCUT2D eigenvalue weighted by Crippen LogP contribution is 2.18. The molecule has 0 radical (unpaired) electrons. The van der Waals surface area contributed by atoms with Gasteiger partial charge in [-0.05, 0) is 30.7 Å². The summed E-state index contributed by atoms with van der Waals surface area (Å²) in [6.07, 6.45) is 0. The van der Waals surface area contributed by atoms with E-state index in [0.29, 0.717) is 17.0 Å². The monoisotopic (exact) mass is 372 g/mol. The van der Waals surface area contributed by atoms with E-state index in [0.717, 1.165) is 10.8 Å². The molecule has 3 N–H and O–H groups in total. The van der Waals surface area contributed by atoms with Crippen molar-refractivity contribution in [1.29, 1.82) is 0 Å². The minimum atomic E-state index is -3.67. The molecule has 0 aliphatic carbocycles. The summed E-state index contributed by atoms with van der Waals surface area (Å²) < 4.78 is 27.2. The maximum atomic E-state index is 12.4. The van der Waals surface area contributed by atoms with Gasteiger partial charge in [-0.3, -0.25) is 9.89 Å². The summed E-state index contributed by atoms with van der Waals surface area (Å²) in [6.45, 7) is 3.54. The van der Waals surface area contributed by atoms with Crippen LogP contribution in [0, 0.1) is 13.8 Å². The number of amides is 1. The topological polar surface area (TPSA) is 104 Å². The summed E-state index contributed by atoms with van der Waals surface area (Å²) in [4.78, 5) is 12.6. The molecule has 7 nitrogen and oxygen atoms in total. The summed E-state index contributed by atoms with van der Waals surface area (Å²) in [7, 11) is -3.67. The molecule has 8 heteroatoms. The van der Waals surface area contributed by atoms with E-state index in [1.165, 1.54) is 0 Å². The Balaban J connectivity index is 1.62. The van der Waals surface area contributed by atoms with E-state index in [2.05, 4.69) is 20.2 Å². The van der Waals surface area contributed by atoms with E-state index < -0.39 is 10.0 Å². The van der Waals surface area contributed by atoms with Crippen molar-refractivity contribution in [2.45, 2.75) is 18.7 Å². The van der Waals surface area contributed by atoms with Crippen molar-refractivity contribution in [2.24, 2.45) is 0 Å². The lowest BCUT2D eigenvalue weighted by Gasteiger charge is -2.10. The number of H-pyrrole nitrogens is 1. The molecule has 0 saturated heterocycles. The van der Waals surface area contributed by atoms with Crippen molar-refractivity contribution < 1.29 is 13.2 Å². The number of aromatic amines is 1. The fourth-order valence-corrected chi connectivity index (χ4v) is 4.29. The number of hydrogen-bond donors (Lipinski definition) is 3. The quantitative estimate of drug-likeness (QED) is 0.575. The molecule has 2 aromatic carbocycles. The number of rotatable bonds is 6. The van der Waals surface area contributed by atoms with Gasteiger partial charge in [0.15, 0.2) is 0 Å². The van der Waals surface area contributed by atoms with E-state index in [4.69, 9.17) is 0 Å². The summed E-state index contributed by atoms with van der Waals surface area (Å²) in [5, 5.41) is 11.1. The Morgan fingerprint density at radius 3 is 2.54 bits per heavy atom. The highest BCUT2D eigenvalue weighted by atomic mass is 32.2. The van der Waals surface area contributed by atoms with Crippen LogP contribution in [0.3, 0.4) is 0 Å². The van der Waals surface area contributed by atoms with E-state index in [1.807, 2.05) is 36.4 Å². The summed E-state index contributed by atoms with van der Waals surface area (Å²) in [6, 6.07) is 13.1. The first-order valence-corrected chi connectivity index (χ1v) is 9.65. The zero-order chi connectivity index (χ0) is 18.7. The van der Waals surface area contributed by atoms with Gasteiger partial charge in [-0.1, -0.05) is 36.4 Å². The molecule has 0 bridgehead atoms. The van der Waals surface area contributed by atoms with Crippen LogP contribution in [-0.4, -0.2) is 37.6 Å². The fourth-order valence-electron chi connectivity index (χ4n) is 2.89. The zero-order valence-electron chi connectivity index (χ0n) is 14.5. The molecule has 3 rings (SSSR count). The third kappa shape index (κ3) is 3.61. The first kappa shape index (κ1) is 18.1. The Bertz CT molecular complexity index is 1030. The lowest BCUT2D eigenvalue weighted by Crippen LogP contribution is -2.35. The van der Waals surface area contributed by atoms with Crippen LogP contribution < -0.4 is 10.0 Å². The largest absolute Gasteiger partial charge is 0.351 e. The van der Waals surface area contributed by atoms with Crippen molar-refractivity contribution in [3.63, 3.8) is 0 Å². The normalized spacial score (nSPS) is 11.6. The molecule has 0 unspecified atom stereocenters. The number of carbonyl (C=O) groups is 1. The number of hydrogen-bond acceptors (Lipinski definition) is 4. The van der Waals surface area contributed by atoms with Gasteiger partial charge in [-0.2, -0.15) is 5.10 Å². The maximum absolute atomic E-state index is 12.4. The summed E-state index contributed by atoms with van der Waals surface area (Å²) in [5.41, 5.74) is 1.46. The first-order valence-electron chi connectivity index (χ1n) is 8.17. The zero-order valence-corrected chi connectivity index (χ0v) is 15.4. The van der Waals surface area contributed by atoms with Gasteiger partial charge in [0.25, 0.3) is 5.91 Å². The molecule has 0 spiro atoms. The fraction of sp³-hybridized carbons (Fsp3) is 0.222. The number of nitrogens with one attached hydrogen (secondary N) is 3. The van der Waals surface area contributed by atoms with Crippen LogP contribution in [0.2, 0.25) is 0 Å². The minimum absolute atomic E-state index is 0.0862. The predicted molar refractivity (Wildman–Crippen MR) is 99.5 cm³/mol. The molecule has 0 aliphatic rings. The lowest BCUT2D eigenvalue weighted by molar-refractivity contribution is 0.0956. The van der Waals surface area contributed by atoms with Crippen molar-refractivity contribution >= 4 is 26.7 Å². The van der Waals surface area contributed by atoms with Gasteiger partial charge in [0, 0.05) is 18.7 Å². The first-order chi connectivity index (χ1) is 12.4. The average molecular weight is 372 g/mol. The maximum Gasteiger partial charge on any atom is 0.251 e. The lowest BCUT2D eigenvalue weighted by atomic mass is 10.0. The van der Waals surface area contributed by atoms with Crippen molar-refractivity contribution in [3.05, 3.63) is 59.4 Å².